The standard InChI is InChI=1S/C24H26N4O/c1-18-22(24(29)27-21-12-6-3-7-13-21)15-25-23(26-18)20-11-8-14-28(17-20)16-19-9-4-2-5-10-19/h2-7,9-10,12-13,15,20H,8,11,14,16-17H2,1H3,(H,27,29). The van der Waals surface area contributed by atoms with Crippen molar-refractivity contribution in [3.8, 4) is 0 Å². The molecule has 1 aromatic heterocycles. The number of nitrogens with one attached hydrogen (secondary N) is 1. The molecule has 0 radical (unpaired) electrons. The van der Waals surface area contributed by atoms with Crippen LogP contribution >= 0.6 is 0 Å². The number of likely N-dealkylation sites (tertiary alicyclic amines) is 1. The van der Waals surface area contributed by atoms with E-state index in [0.29, 0.717) is 11.5 Å². The maximum absolute atomic E-state index is 12.6. The molecule has 0 aliphatic carbocycles. The van der Waals surface area contributed by atoms with Crippen molar-refractivity contribution >= 4 is 11.6 Å². The largest absolute Gasteiger partial charge is 0.322 e. The molecule has 1 aliphatic heterocycles. The van der Waals surface area contributed by atoms with E-state index in [2.05, 4.69) is 45.5 Å². The van der Waals surface area contributed by atoms with Gasteiger partial charge in [-0.3, -0.25) is 9.69 Å². The van der Waals surface area contributed by atoms with E-state index in [4.69, 9.17) is 4.98 Å². The van der Waals surface area contributed by atoms with Crippen molar-refractivity contribution in [2.24, 2.45) is 0 Å². The smallest absolute Gasteiger partial charge is 0.259 e. The Balaban J connectivity index is 1.43. The van der Waals surface area contributed by atoms with E-state index in [1.165, 1.54) is 5.56 Å². The van der Waals surface area contributed by atoms with Crippen LogP contribution in [0.5, 0.6) is 0 Å². The summed E-state index contributed by atoms with van der Waals surface area (Å²) in [6.07, 6.45) is 3.89. The molecule has 2 heterocycles. The summed E-state index contributed by atoms with van der Waals surface area (Å²) in [5.41, 5.74) is 3.35. The Kier molecular flexibility index (Phi) is 5.96. The molecule has 2 aromatic carbocycles. The number of anilines is 1. The van der Waals surface area contributed by atoms with Gasteiger partial charge in [0, 0.05) is 30.9 Å². The lowest BCUT2D eigenvalue weighted by atomic mass is 9.96. The maximum Gasteiger partial charge on any atom is 0.259 e. The van der Waals surface area contributed by atoms with Crippen molar-refractivity contribution in [3.63, 3.8) is 0 Å². The molecule has 4 rings (SSSR count). The van der Waals surface area contributed by atoms with E-state index in [1.54, 1.807) is 6.20 Å². The Bertz CT molecular complexity index is 959. The molecule has 1 fully saturated rings. The molecule has 148 valence electrons. The van der Waals surface area contributed by atoms with Crippen molar-refractivity contribution in [1.29, 1.82) is 0 Å². The number of aromatic nitrogens is 2. The summed E-state index contributed by atoms with van der Waals surface area (Å²) in [6, 6.07) is 20.0. The zero-order valence-electron chi connectivity index (χ0n) is 16.7. The molecule has 1 saturated heterocycles. The summed E-state index contributed by atoms with van der Waals surface area (Å²) < 4.78 is 0. The van der Waals surface area contributed by atoms with E-state index >= 15 is 0 Å². The molecule has 0 saturated carbocycles. The summed E-state index contributed by atoms with van der Waals surface area (Å²) in [7, 11) is 0. The van der Waals surface area contributed by atoms with E-state index in [-0.39, 0.29) is 5.91 Å². The average molecular weight is 386 g/mol. The minimum absolute atomic E-state index is 0.172. The minimum atomic E-state index is -0.172. The Morgan fingerprint density at radius 1 is 1.10 bits per heavy atom. The minimum Gasteiger partial charge on any atom is -0.322 e. The van der Waals surface area contributed by atoms with Crippen LogP contribution in [-0.4, -0.2) is 33.9 Å². The number of hydrogen-bond donors (Lipinski definition) is 1. The fourth-order valence-electron chi connectivity index (χ4n) is 3.88. The second-order valence-corrected chi connectivity index (χ2v) is 7.61. The first-order valence-corrected chi connectivity index (χ1v) is 10.2. The van der Waals surface area contributed by atoms with Crippen LogP contribution in [-0.2, 0) is 6.54 Å². The van der Waals surface area contributed by atoms with Crippen LogP contribution in [0.1, 0.15) is 46.2 Å². The van der Waals surface area contributed by atoms with Crippen molar-refractivity contribution in [2.75, 3.05) is 18.4 Å². The summed E-state index contributed by atoms with van der Waals surface area (Å²) in [5, 5.41) is 2.91. The predicted octanol–water partition coefficient (Wildman–Crippen LogP) is 4.42. The second-order valence-electron chi connectivity index (χ2n) is 7.61. The highest BCUT2D eigenvalue weighted by Gasteiger charge is 2.24. The van der Waals surface area contributed by atoms with Gasteiger partial charge in [0.05, 0.1) is 11.3 Å². The SMILES string of the molecule is Cc1nc(C2CCCN(Cc3ccccc3)C2)ncc1C(=O)Nc1ccccc1. The molecule has 1 amide bonds. The average Bonchev–Trinajstić information content (AvgIpc) is 2.75. The molecule has 3 aromatic rings. The molecule has 1 N–H and O–H groups in total. The number of nitrogens with zero attached hydrogens (tertiary/aromatic N) is 3. The van der Waals surface area contributed by atoms with Crippen molar-refractivity contribution < 1.29 is 4.79 Å². The molecular weight excluding hydrogens is 360 g/mol. The van der Waals surface area contributed by atoms with Gasteiger partial charge in [-0.05, 0) is 44.0 Å². The third kappa shape index (κ3) is 4.87. The topological polar surface area (TPSA) is 58.1 Å². The van der Waals surface area contributed by atoms with Gasteiger partial charge in [0.25, 0.3) is 5.91 Å². The fourth-order valence-corrected chi connectivity index (χ4v) is 3.88. The van der Waals surface area contributed by atoms with E-state index in [0.717, 1.165) is 49.7 Å². The van der Waals surface area contributed by atoms with Crippen molar-refractivity contribution in [1.82, 2.24) is 14.9 Å². The van der Waals surface area contributed by atoms with Crippen LogP contribution in [0.25, 0.3) is 0 Å². The predicted molar refractivity (Wildman–Crippen MR) is 115 cm³/mol. The molecule has 1 unspecified atom stereocenters. The van der Waals surface area contributed by atoms with Crippen LogP contribution in [0.2, 0.25) is 0 Å². The molecule has 0 spiro atoms. The van der Waals surface area contributed by atoms with E-state index in [9.17, 15) is 4.79 Å². The summed E-state index contributed by atoms with van der Waals surface area (Å²) in [5.74, 6) is 0.975. The summed E-state index contributed by atoms with van der Waals surface area (Å²) in [6.45, 7) is 4.88. The number of rotatable bonds is 5. The van der Waals surface area contributed by atoms with Gasteiger partial charge in [-0.1, -0.05) is 48.5 Å². The van der Waals surface area contributed by atoms with Crippen LogP contribution in [0, 0.1) is 6.92 Å². The first kappa shape index (κ1) is 19.3. The fraction of sp³-hybridized carbons (Fsp3) is 0.292. The Morgan fingerprint density at radius 2 is 1.83 bits per heavy atom. The summed E-state index contributed by atoms with van der Waals surface area (Å²) >= 11 is 0. The van der Waals surface area contributed by atoms with Gasteiger partial charge in [0.15, 0.2) is 0 Å². The molecule has 5 nitrogen and oxygen atoms in total. The lowest BCUT2D eigenvalue weighted by Gasteiger charge is -2.32. The number of carbonyl (C=O) groups is 1. The van der Waals surface area contributed by atoms with Crippen molar-refractivity contribution in [2.45, 2.75) is 32.2 Å². The van der Waals surface area contributed by atoms with Gasteiger partial charge in [0.1, 0.15) is 5.82 Å². The third-order valence-electron chi connectivity index (χ3n) is 5.39. The van der Waals surface area contributed by atoms with Crippen LogP contribution in [0.15, 0.2) is 66.9 Å². The van der Waals surface area contributed by atoms with Gasteiger partial charge in [0.2, 0.25) is 0 Å². The molecule has 1 aliphatic rings. The second kappa shape index (κ2) is 8.97. The van der Waals surface area contributed by atoms with Crippen LogP contribution in [0.3, 0.4) is 0 Å². The van der Waals surface area contributed by atoms with Crippen LogP contribution < -0.4 is 5.32 Å². The number of carbonyl (C=O) groups excluding carboxylic acids is 1. The Hall–Kier alpha value is -3.05. The van der Waals surface area contributed by atoms with E-state index in [1.807, 2.05) is 37.3 Å². The van der Waals surface area contributed by atoms with Gasteiger partial charge >= 0.3 is 0 Å². The molecule has 0 bridgehead atoms. The molecular formula is C24H26N4O. The number of piperidine rings is 1. The molecule has 29 heavy (non-hydrogen) atoms. The first-order chi connectivity index (χ1) is 14.2. The van der Waals surface area contributed by atoms with Gasteiger partial charge in [-0.15, -0.1) is 0 Å². The lowest BCUT2D eigenvalue weighted by molar-refractivity contribution is 0.102. The van der Waals surface area contributed by atoms with Gasteiger partial charge in [-0.2, -0.15) is 0 Å². The highest BCUT2D eigenvalue weighted by Crippen LogP contribution is 2.26. The number of para-hydroxylation sites is 1. The van der Waals surface area contributed by atoms with Crippen LogP contribution in [0.4, 0.5) is 5.69 Å². The number of amides is 1. The third-order valence-corrected chi connectivity index (χ3v) is 5.39. The number of aryl methyl sites for hydroxylation is 1. The van der Waals surface area contributed by atoms with E-state index < -0.39 is 0 Å². The van der Waals surface area contributed by atoms with Gasteiger partial charge in [-0.25, -0.2) is 9.97 Å². The highest BCUT2D eigenvalue weighted by molar-refractivity contribution is 6.04. The Morgan fingerprint density at radius 3 is 2.55 bits per heavy atom. The number of benzene rings is 2. The zero-order valence-corrected chi connectivity index (χ0v) is 16.7. The van der Waals surface area contributed by atoms with Gasteiger partial charge < -0.3 is 5.32 Å². The maximum atomic E-state index is 12.6. The quantitative estimate of drug-likeness (QED) is 0.705. The molecule has 5 heteroatoms. The van der Waals surface area contributed by atoms with Crippen molar-refractivity contribution in [3.05, 3.63) is 89.5 Å². The zero-order chi connectivity index (χ0) is 20.1. The molecule has 1 atom stereocenters. The normalized spacial score (nSPS) is 17.1. The lowest BCUT2D eigenvalue weighted by Crippen LogP contribution is -2.34. The first-order valence-electron chi connectivity index (χ1n) is 10.2. The highest BCUT2D eigenvalue weighted by atomic mass is 16.1. The number of hydrogen-bond acceptors (Lipinski definition) is 4. The monoisotopic (exact) mass is 386 g/mol. The summed E-state index contributed by atoms with van der Waals surface area (Å²) in [4.78, 5) is 24.3. The Labute approximate surface area is 171 Å².